The zero-order valence-electron chi connectivity index (χ0n) is 13.4. The molecule has 0 aromatic heterocycles. The van der Waals surface area contributed by atoms with Crippen molar-refractivity contribution in [1.29, 1.82) is 0 Å². The maximum atomic E-state index is 6.13. The van der Waals surface area contributed by atoms with Gasteiger partial charge in [-0.3, -0.25) is 0 Å². The van der Waals surface area contributed by atoms with Crippen molar-refractivity contribution in [2.45, 2.75) is 0 Å². The molecule has 0 unspecified atom stereocenters. The Morgan fingerprint density at radius 2 is 1.04 bits per heavy atom. The zero-order chi connectivity index (χ0) is 17.2. The Morgan fingerprint density at radius 1 is 0.520 bits per heavy atom. The minimum atomic E-state index is -2.43. The normalized spacial score (nSPS) is 11.2. The van der Waals surface area contributed by atoms with Crippen molar-refractivity contribution in [3.05, 3.63) is 101 Å². The summed E-state index contributed by atoms with van der Waals surface area (Å²) in [4.78, 5) is 0. The topological polar surface area (TPSA) is 0 Å². The summed E-state index contributed by atoms with van der Waals surface area (Å²) in [5, 5.41) is 4.21. The van der Waals surface area contributed by atoms with Crippen LogP contribution in [0.25, 0.3) is 10.8 Å². The van der Waals surface area contributed by atoms with Crippen LogP contribution in [0.1, 0.15) is 0 Å². The Labute approximate surface area is 165 Å². The van der Waals surface area contributed by atoms with E-state index in [4.69, 9.17) is 23.2 Å². The van der Waals surface area contributed by atoms with E-state index in [0.717, 1.165) is 10.0 Å². The molecule has 0 aliphatic heterocycles. The second-order valence-electron chi connectivity index (χ2n) is 5.79. The van der Waals surface area contributed by atoms with E-state index >= 15 is 0 Å². The van der Waals surface area contributed by atoms with Gasteiger partial charge in [-0.2, -0.15) is 0 Å². The number of hydrogen-bond acceptors (Lipinski definition) is 0. The molecule has 0 aliphatic rings. The average molecular weight is 559 g/mol. The maximum absolute atomic E-state index is 6.13. The number of halogens is 2. The Balaban J connectivity index is 1.96. The van der Waals surface area contributed by atoms with Gasteiger partial charge >= 0.3 is 167 Å². The molecule has 0 radical (unpaired) electrons. The van der Waals surface area contributed by atoms with Crippen LogP contribution >= 0.6 is 23.2 Å². The van der Waals surface area contributed by atoms with Gasteiger partial charge in [0.15, 0.2) is 0 Å². The quantitative estimate of drug-likeness (QED) is 0.321. The Bertz CT molecular complexity index is 957. The van der Waals surface area contributed by atoms with Crippen molar-refractivity contribution >= 4 is 65.5 Å². The van der Waals surface area contributed by atoms with E-state index in [-0.39, 0.29) is 0 Å². The molecule has 4 aromatic rings. The van der Waals surface area contributed by atoms with Crippen molar-refractivity contribution in [1.82, 2.24) is 0 Å². The van der Waals surface area contributed by atoms with Crippen LogP contribution in [-0.4, -0.2) is 21.8 Å². The van der Waals surface area contributed by atoms with Gasteiger partial charge in [-0.15, -0.1) is 0 Å². The molecular weight excluding hydrogens is 544 g/mol. The van der Waals surface area contributed by atoms with Gasteiger partial charge in [-0.25, -0.2) is 0 Å². The zero-order valence-corrected chi connectivity index (χ0v) is 18.4. The van der Waals surface area contributed by atoms with Crippen LogP contribution in [0.4, 0.5) is 0 Å². The summed E-state index contributed by atoms with van der Waals surface area (Å²) in [5.74, 6) is 0. The summed E-state index contributed by atoms with van der Waals surface area (Å²) in [7, 11) is 0. The van der Waals surface area contributed by atoms with Crippen LogP contribution in [0.15, 0.2) is 91.0 Å². The third-order valence-corrected chi connectivity index (χ3v) is 14.4. The Kier molecular flexibility index (Phi) is 5.08. The Morgan fingerprint density at radius 3 is 1.64 bits per heavy atom. The molecule has 0 atom stereocenters. The molecule has 122 valence electrons. The monoisotopic (exact) mass is 558 g/mol. The molecule has 0 saturated carbocycles. The van der Waals surface area contributed by atoms with E-state index in [0.29, 0.717) is 0 Å². The van der Waals surface area contributed by atoms with E-state index in [1.54, 1.807) is 0 Å². The van der Waals surface area contributed by atoms with E-state index in [1.165, 1.54) is 20.6 Å². The molecule has 0 amide bonds. The van der Waals surface area contributed by atoms with Gasteiger partial charge in [0.2, 0.25) is 0 Å². The van der Waals surface area contributed by atoms with Crippen LogP contribution in [0.3, 0.4) is 0 Å². The van der Waals surface area contributed by atoms with Crippen LogP contribution in [-0.2, 0) is 0 Å². The molecule has 0 nitrogen and oxygen atoms in total. The van der Waals surface area contributed by atoms with Gasteiger partial charge in [-0.05, 0) is 0 Å². The van der Waals surface area contributed by atoms with Gasteiger partial charge in [0.25, 0.3) is 0 Å². The predicted molar refractivity (Wildman–Crippen MR) is 112 cm³/mol. The molecule has 0 bridgehead atoms. The second-order valence-corrected chi connectivity index (χ2v) is 15.2. The van der Waals surface area contributed by atoms with Crippen LogP contribution < -0.4 is 9.81 Å². The van der Waals surface area contributed by atoms with E-state index in [2.05, 4.69) is 66.7 Å². The van der Waals surface area contributed by atoms with Crippen molar-refractivity contribution in [3.63, 3.8) is 0 Å². The first kappa shape index (κ1) is 17.0. The first-order chi connectivity index (χ1) is 12.2. The molecule has 4 rings (SSSR count). The average Bonchev–Trinajstić information content (AvgIpc) is 2.65. The first-order valence-corrected chi connectivity index (χ1v) is 14.0. The summed E-state index contributed by atoms with van der Waals surface area (Å²) < 4.78 is 4.31. The Hall–Kier alpha value is -1.40. The molecule has 0 heterocycles. The van der Waals surface area contributed by atoms with E-state index < -0.39 is 21.8 Å². The van der Waals surface area contributed by atoms with Crippen molar-refractivity contribution in [3.8, 4) is 0 Å². The number of rotatable bonds is 3. The van der Waals surface area contributed by atoms with Gasteiger partial charge < -0.3 is 0 Å². The van der Waals surface area contributed by atoms with E-state index in [9.17, 15) is 0 Å². The fourth-order valence-corrected chi connectivity index (χ4v) is 12.7. The third-order valence-electron chi connectivity index (χ3n) is 4.18. The molecular formula is C22H15BiCl2. The summed E-state index contributed by atoms with van der Waals surface area (Å²) >= 11 is 9.83. The van der Waals surface area contributed by atoms with Gasteiger partial charge in [-0.1, -0.05) is 0 Å². The van der Waals surface area contributed by atoms with Crippen molar-refractivity contribution in [2.75, 3.05) is 0 Å². The van der Waals surface area contributed by atoms with Crippen molar-refractivity contribution in [2.24, 2.45) is 0 Å². The molecule has 0 fully saturated rings. The number of benzene rings is 4. The fraction of sp³-hybridized carbons (Fsp3) is 0. The van der Waals surface area contributed by atoms with Crippen molar-refractivity contribution < 1.29 is 0 Å². The summed E-state index contributed by atoms with van der Waals surface area (Å²) in [6.07, 6.45) is 0. The van der Waals surface area contributed by atoms with Crippen LogP contribution in [0.2, 0.25) is 10.0 Å². The molecule has 4 aromatic carbocycles. The molecule has 25 heavy (non-hydrogen) atoms. The molecule has 0 N–H and O–H groups in total. The SMILES string of the molecule is Clc1cc[c]([Bi]([c]2ccc(Cl)cc2)[c]2cccc3ccccc23)cc1. The van der Waals surface area contributed by atoms with Crippen LogP contribution in [0.5, 0.6) is 0 Å². The van der Waals surface area contributed by atoms with Gasteiger partial charge in [0, 0.05) is 0 Å². The number of fused-ring (bicyclic) bond motifs is 1. The molecule has 0 spiro atoms. The summed E-state index contributed by atoms with van der Waals surface area (Å²) in [6, 6.07) is 32.1. The summed E-state index contributed by atoms with van der Waals surface area (Å²) in [6.45, 7) is 0. The predicted octanol–water partition coefficient (Wildman–Crippen LogP) is 4.66. The fourth-order valence-electron chi connectivity index (χ4n) is 3.01. The second kappa shape index (κ2) is 7.46. The van der Waals surface area contributed by atoms with E-state index in [1.807, 2.05) is 24.3 Å². The third kappa shape index (κ3) is 3.60. The van der Waals surface area contributed by atoms with Crippen LogP contribution in [0, 0.1) is 0 Å². The molecule has 0 aliphatic carbocycles. The standard InChI is InChI=1S/C10H7.2C6H4Cl.Bi/c1-2-6-10-8-4-3-7-9(10)5-1;2*7-6-4-2-1-3-5-6;/h1-7H;2*2-5H;. The summed E-state index contributed by atoms with van der Waals surface area (Å²) in [5.41, 5.74) is 0. The van der Waals surface area contributed by atoms with Gasteiger partial charge in [0.1, 0.15) is 0 Å². The molecule has 0 saturated heterocycles. The first-order valence-electron chi connectivity index (χ1n) is 8.01. The molecule has 3 heteroatoms. The van der Waals surface area contributed by atoms with Gasteiger partial charge in [0.05, 0.1) is 0 Å². The number of hydrogen-bond donors (Lipinski definition) is 0. The minimum absolute atomic E-state index is 0.779.